The van der Waals surface area contributed by atoms with Gasteiger partial charge in [-0.2, -0.15) is 0 Å². The van der Waals surface area contributed by atoms with Gasteiger partial charge in [0.25, 0.3) is 0 Å². The number of aryl methyl sites for hydroxylation is 1. The summed E-state index contributed by atoms with van der Waals surface area (Å²) in [6, 6.07) is 7.44. The van der Waals surface area contributed by atoms with Gasteiger partial charge in [-0.05, 0) is 38.0 Å². The maximum absolute atomic E-state index is 12.5. The molecule has 1 heterocycles. The third-order valence-electron chi connectivity index (χ3n) is 4.05. The number of nitrogens with one attached hydrogen (secondary N) is 2. The fourth-order valence-electron chi connectivity index (χ4n) is 2.71. The molecule has 0 unspecified atom stereocenters. The summed E-state index contributed by atoms with van der Waals surface area (Å²) in [7, 11) is 1.32. The van der Waals surface area contributed by atoms with Crippen molar-refractivity contribution in [3.05, 3.63) is 57.4 Å². The number of carbonyl (C=O) groups is 2. The topological polar surface area (TPSA) is 71.2 Å². The highest BCUT2D eigenvalue weighted by molar-refractivity contribution is 6.31. The standard InChI is InChI=1S/C18H21ClN2O3/c1-10-16(18(23)24-4)12(3)21-17(10)15(22)9-20-11(2)13-7-5-6-8-14(13)19/h5-8,11,20-21H,9H2,1-4H3/t11-/m0/s1. The molecule has 2 N–H and O–H groups in total. The molecule has 6 heteroatoms. The highest BCUT2D eigenvalue weighted by atomic mass is 35.5. The lowest BCUT2D eigenvalue weighted by Gasteiger charge is -2.15. The van der Waals surface area contributed by atoms with Crippen molar-refractivity contribution >= 4 is 23.4 Å². The van der Waals surface area contributed by atoms with Gasteiger partial charge in [0.1, 0.15) is 0 Å². The number of halogens is 1. The zero-order valence-corrected chi connectivity index (χ0v) is 15.0. The van der Waals surface area contributed by atoms with Crippen molar-refractivity contribution in [3.8, 4) is 0 Å². The second-order valence-corrected chi connectivity index (χ2v) is 6.07. The van der Waals surface area contributed by atoms with Gasteiger partial charge in [0.15, 0.2) is 5.78 Å². The summed E-state index contributed by atoms with van der Waals surface area (Å²) in [5.41, 5.74) is 3.01. The smallest absolute Gasteiger partial charge is 0.339 e. The first-order valence-electron chi connectivity index (χ1n) is 7.65. The summed E-state index contributed by atoms with van der Waals surface area (Å²) in [4.78, 5) is 27.3. The molecule has 2 rings (SSSR count). The number of hydrogen-bond donors (Lipinski definition) is 2. The molecule has 0 bridgehead atoms. The van der Waals surface area contributed by atoms with Crippen LogP contribution in [0, 0.1) is 13.8 Å². The molecule has 2 aromatic rings. The van der Waals surface area contributed by atoms with Crippen LogP contribution in [0.5, 0.6) is 0 Å². The molecule has 0 fully saturated rings. The van der Waals surface area contributed by atoms with Crippen LogP contribution in [-0.2, 0) is 4.74 Å². The van der Waals surface area contributed by atoms with Crippen molar-refractivity contribution in [1.29, 1.82) is 0 Å². The maximum atomic E-state index is 12.5. The van der Waals surface area contributed by atoms with E-state index in [4.69, 9.17) is 16.3 Å². The number of ether oxygens (including phenoxy) is 1. The summed E-state index contributed by atoms with van der Waals surface area (Å²) in [6.45, 7) is 5.56. The molecule has 0 amide bonds. The SMILES string of the molecule is COC(=O)c1c(C)[nH]c(C(=O)CN[C@@H](C)c2ccccc2Cl)c1C. The van der Waals surface area contributed by atoms with E-state index >= 15 is 0 Å². The zero-order chi connectivity index (χ0) is 17.9. The largest absolute Gasteiger partial charge is 0.465 e. The summed E-state index contributed by atoms with van der Waals surface area (Å²) in [5, 5.41) is 3.82. The molecule has 0 aliphatic carbocycles. The fraction of sp³-hybridized carbons (Fsp3) is 0.333. The third kappa shape index (κ3) is 3.68. The van der Waals surface area contributed by atoms with Crippen molar-refractivity contribution < 1.29 is 14.3 Å². The Labute approximate surface area is 146 Å². The number of aromatic amines is 1. The molecule has 128 valence electrons. The lowest BCUT2D eigenvalue weighted by molar-refractivity contribution is 0.0599. The number of aromatic nitrogens is 1. The van der Waals surface area contributed by atoms with Crippen LogP contribution in [0.25, 0.3) is 0 Å². The van der Waals surface area contributed by atoms with E-state index in [0.717, 1.165) is 5.56 Å². The van der Waals surface area contributed by atoms with Gasteiger partial charge in [-0.1, -0.05) is 29.8 Å². The number of esters is 1. The highest BCUT2D eigenvalue weighted by Gasteiger charge is 2.22. The van der Waals surface area contributed by atoms with E-state index in [1.807, 2.05) is 31.2 Å². The molecule has 1 aromatic carbocycles. The lowest BCUT2D eigenvalue weighted by Crippen LogP contribution is -2.26. The predicted molar refractivity (Wildman–Crippen MR) is 93.8 cm³/mol. The number of methoxy groups -OCH3 is 1. The molecule has 0 aliphatic rings. The Hall–Kier alpha value is -2.11. The Morgan fingerprint density at radius 3 is 2.58 bits per heavy atom. The molecular formula is C18H21ClN2O3. The average molecular weight is 349 g/mol. The summed E-state index contributed by atoms with van der Waals surface area (Å²) < 4.78 is 4.76. The minimum atomic E-state index is -0.447. The number of benzene rings is 1. The van der Waals surface area contributed by atoms with Gasteiger partial charge < -0.3 is 15.0 Å². The van der Waals surface area contributed by atoms with Gasteiger partial charge in [-0.15, -0.1) is 0 Å². The van der Waals surface area contributed by atoms with Gasteiger partial charge in [-0.3, -0.25) is 4.79 Å². The number of carbonyl (C=O) groups excluding carboxylic acids is 2. The zero-order valence-electron chi connectivity index (χ0n) is 14.2. The predicted octanol–water partition coefficient (Wildman–Crippen LogP) is 3.61. The van der Waals surface area contributed by atoms with E-state index in [1.165, 1.54) is 7.11 Å². The van der Waals surface area contributed by atoms with Crippen molar-refractivity contribution in [3.63, 3.8) is 0 Å². The molecule has 0 spiro atoms. The second kappa shape index (κ2) is 7.64. The van der Waals surface area contributed by atoms with Gasteiger partial charge in [0, 0.05) is 16.8 Å². The Kier molecular flexibility index (Phi) is 5.80. The van der Waals surface area contributed by atoms with E-state index in [-0.39, 0.29) is 18.4 Å². The molecule has 0 saturated heterocycles. The van der Waals surface area contributed by atoms with Crippen LogP contribution in [0.2, 0.25) is 5.02 Å². The van der Waals surface area contributed by atoms with Crippen LogP contribution in [0.15, 0.2) is 24.3 Å². The number of H-pyrrole nitrogens is 1. The normalized spacial score (nSPS) is 12.0. The third-order valence-corrected chi connectivity index (χ3v) is 4.39. The Morgan fingerprint density at radius 1 is 1.29 bits per heavy atom. The molecule has 24 heavy (non-hydrogen) atoms. The van der Waals surface area contributed by atoms with E-state index < -0.39 is 5.97 Å². The summed E-state index contributed by atoms with van der Waals surface area (Å²) in [6.07, 6.45) is 0. The molecule has 1 aromatic heterocycles. The number of rotatable bonds is 6. The number of Topliss-reactive ketones (excluding diaryl/α,β-unsaturated/α-hetero) is 1. The maximum Gasteiger partial charge on any atom is 0.339 e. The molecule has 0 radical (unpaired) electrons. The summed E-state index contributed by atoms with van der Waals surface area (Å²) >= 11 is 6.17. The molecular weight excluding hydrogens is 328 g/mol. The van der Waals surface area contributed by atoms with E-state index in [9.17, 15) is 9.59 Å². The van der Waals surface area contributed by atoms with Crippen LogP contribution in [0.3, 0.4) is 0 Å². The monoisotopic (exact) mass is 348 g/mol. The second-order valence-electron chi connectivity index (χ2n) is 5.66. The van der Waals surface area contributed by atoms with Gasteiger partial charge in [0.2, 0.25) is 0 Å². The minimum Gasteiger partial charge on any atom is -0.465 e. The Morgan fingerprint density at radius 2 is 1.96 bits per heavy atom. The van der Waals surface area contributed by atoms with Crippen LogP contribution in [0.1, 0.15) is 50.6 Å². The number of hydrogen-bond acceptors (Lipinski definition) is 4. The molecule has 0 aliphatic heterocycles. The quantitative estimate of drug-likeness (QED) is 0.618. The van der Waals surface area contributed by atoms with Gasteiger partial charge in [-0.25, -0.2) is 4.79 Å². The lowest BCUT2D eigenvalue weighted by atomic mass is 10.1. The number of ketones is 1. The fourth-order valence-corrected chi connectivity index (χ4v) is 3.01. The first-order chi connectivity index (χ1) is 11.4. The van der Waals surface area contributed by atoms with Gasteiger partial charge in [0.05, 0.1) is 24.9 Å². The van der Waals surface area contributed by atoms with Crippen molar-refractivity contribution in [2.45, 2.75) is 26.8 Å². The van der Waals surface area contributed by atoms with Crippen molar-refractivity contribution in [2.24, 2.45) is 0 Å². The van der Waals surface area contributed by atoms with Crippen molar-refractivity contribution in [2.75, 3.05) is 13.7 Å². The van der Waals surface area contributed by atoms with E-state index in [0.29, 0.717) is 27.5 Å². The van der Waals surface area contributed by atoms with E-state index in [1.54, 1.807) is 13.8 Å². The van der Waals surface area contributed by atoms with Crippen LogP contribution >= 0.6 is 11.6 Å². The Bertz CT molecular complexity index is 768. The molecule has 0 saturated carbocycles. The van der Waals surface area contributed by atoms with Crippen LogP contribution < -0.4 is 5.32 Å². The minimum absolute atomic E-state index is 0.0703. The molecule has 1 atom stereocenters. The Balaban J connectivity index is 2.11. The van der Waals surface area contributed by atoms with Crippen LogP contribution in [-0.4, -0.2) is 30.4 Å². The van der Waals surface area contributed by atoms with Crippen LogP contribution in [0.4, 0.5) is 0 Å². The van der Waals surface area contributed by atoms with Crippen molar-refractivity contribution in [1.82, 2.24) is 10.3 Å². The highest BCUT2D eigenvalue weighted by Crippen LogP contribution is 2.23. The molecule has 5 nitrogen and oxygen atoms in total. The first-order valence-corrected chi connectivity index (χ1v) is 8.03. The average Bonchev–Trinajstić information content (AvgIpc) is 2.86. The van der Waals surface area contributed by atoms with Gasteiger partial charge >= 0.3 is 5.97 Å². The van der Waals surface area contributed by atoms with E-state index in [2.05, 4.69) is 10.3 Å². The first kappa shape index (κ1) is 18.2. The summed E-state index contributed by atoms with van der Waals surface area (Å²) in [5.74, 6) is -0.567.